The zero-order valence-corrected chi connectivity index (χ0v) is 15.0. The van der Waals surface area contributed by atoms with Crippen LogP contribution < -0.4 is 11.2 Å². The van der Waals surface area contributed by atoms with Crippen molar-refractivity contribution in [3.05, 3.63) is 35.4 Å². The minimum Gasteiger partial charge on any atom is -0.399 e. The molecule has 1 fully saturated rings. The molecule has 0 saturated carbocycles. The van der Waals surface area contributed by atoms with Gasteiger partial charge in [-0.15, -0.1) is 0 Å². The maximum atomic E-state index is 12.7. The fourth-order valence-electron chi connectivity index (χ4n) is 3.11. The van der Waals surface area contributed by atoms with Gasteiger partial charge in [-0.25, -0.2) is 0 Å². The quantitative estimate of drug-likeness (QED) is 0.513. The molecule has 3 rings (SSSR count). The van der Waals surface area contributed by atoms with Gasteiger partial charge in [0, 0.05) is 17.8 Å². The van der Waals surface area contributed by atoms with Crippen LogP contribution in [0.3, 0.4) is 0 Å². The Morgan fingerprint density at radius 3 is 2.52 bits per heavy atom. The van der Waals surface area contributed by atoms with Crippen molar-refractivity contribution in [1.82, 2.24) is 4.90 Å². The van der Waals surface area contributed by atoms with Crippen LogP contribution in [-0.2, 0) is 15.9 Å². The summed E-state index contributed by atoms with van der Waals surface area (Å²) in [5.41, 5.74) is 7.94. The molecule has 0 radical (unpaired) electrons. The standard InChI is InChI=1S/C18H22BN3O3/c1-11(8-20)9-22-10-12-13(6-7-14(21)15(12)16(22)23)19-24-17(2,3)18(4,5)25-19/h6-7H,1,9-10,21H2,2-5H3. The lowest BCUT2D eigenvalue weighted by Crippen LogP contribution is -2.41. The summed E-state index contributed by atoms with van der Waals surface area (Å²) in [6, 6.07) is 5.54. The maximum Gasteiger partial charge on any atom is 0.495 e. The maximum absolute atomic E-state index is 12.7. The first-order chi connectivity index (χ1) is 11.6. The van der Waals surface area contributed by atoms with Gasteiger partial charge in [0.15, 0.2) is 0 Å². The van der Waals surface area contributed by atoms with Gasteiger partial charge in [-0.05, 0) is 44.8 Å². The highest BCUT2D eigenvalue weighted by Gasteiger charge is 2.53. The molecule has 2 aliphatic rings. The lowest BCUT2D eigenvalue weighted by Gasteiger charge is -2.32. The number of carbonyl (C=O) groups excluding carboxylic acids is 1. The van der Waals surface area contributed by atoms with Crippen LogP contribution in [0.25, 0.3) is 0 Å². The highest BCUT2D eigenvalue weighted by atomic mass is 16.7. The fourth-order valence-corrected chi connectivity index (χ4v) is 3.11. The second kappa shape index (κ2) is 5.62. The second-order valence-electron chi connectivity index (χ2n) is 7.56. The van der Waals surface area contributed by atoms with E-state index in [1.165, 1.54) is 0 Å². The molecule has 2 heterocycles. The van der Waals surface area contributed by atoms with Crippen molar-refractivity contribution >= 4 is 24.2 Å². The van der Waals surface area contributed by atoms with Crippen molar-refractivity contribution in [2.24, 2.45) is 0 Å². The molecular formula is C18H22BN3O3. The Morgan fingerprint density at radius 2 is 1.96 bits per heavy atom. The number of nitrogen functional groups attached to an aromatic ring is 1. The van der Waals surface area contributed by atoms with Crippen molar-refractivity contribution in [1.29, 1.82) is 5.26 Å². The molecular weight excluding hydrogens is 317 g/mol. The van der Waals surface area contributed by atoms with E-state index >= 15 is 0 Å². The van der Waals surface area contributed by atoms with E-state index in [1.807, 2.05) is 39.8 Å². The number of benzene rings is 1. The molecule has 0 spiro atoms. The van der Waals surface area contributed by atoms with Crippen LogP contribution in [0, 0.1) is 11.3 Å². The zero-order valence-electron chi connectivity index (χ0n) is 15.0. The molecule has 1 saturated heterocycles. The van der Waals surface area contributed by atoms with E-state index in [0.717, 1.165) is 11.0 Å². The molecule has 6 nitrogen and oxygen atoms in total. The van der Waals surface area contributed by atoms with E-state index in [2.05, 4.69) is 6.58 Å². The lowest BCUT2D eigenvalue weighted by molar-refractivity contribution is 0.00578. The van der Waals surface area contributed by atoms with Crippen LogP contribution in [-0.4, -0.2) is 35.7 Å². The number of amides is 1. The lowest BCUT2D eigenvalue weighted by atomic mass is 9.75. The van der Waals surface area contributed by atoms with E-state index in [-0.39, 0.29) is 12.5 Å². The van der Waals surface area contributed by atoms with Gasteiger partial charge >= 0.3 is 7.12 Å². The number of carbonyl (C=O) groups is 1. The van der Waals surface area contributed by atoms with Crippen molar-refractivity contribution in [3.8, 4) is 6.07 Å². The van der Waals surface area contributed by atoms with Crippen LogP contribution >= 0.6 is 0 Å². The Hall–Kier alpha value is -2.30. The summed E-state index contributed by atoms with van der Waals surface area (Å²) in [4.78, 5) is 14.3. The molecule has 1 aromatic carbocycles. The molecule has 0 aliphatic carbocycles. The average Bonchev–Trinajstić information content (AvgIpc) is 2.94. The number of nitrogens with zero attached hydrogens (tertiary/aromatic N) is 2. The fraction of sp³-hybridized carbons (Fsp3) is 0.444. The summed E-state index contributed by atoms with van der Waals surface area (Å²) in [6.07, 6.45) is 0. The van der Waals surface area contributed by atoms with Gasteiger partial charge in [-0.3, -0.25) is 4.79 Å². The third-order valence-electron chi connectivity index (χ3n) is 5.28. The largest absolute Gasteiger partial charge is 0.495 e. The number of hydrogen-bond acceptors (Lipinski definition) is 5. The van der Waals surface area contributed by atoms with Crippen molar-refractivity contribution in [3.63, 3.8) is 0 Å². The number of nitrogens with two attached hydrogens (primary N) is 1. The molecule has 7 heteroatoms. The van der Waals surface area contributed by atoms with Crippen LogP contribution in [0.15, 0.2) is 24.3 Å². The van der Waals surface area contributed by atoms with Crippen LogP contribution in [0.1, 0.15) is 43.6 Å². The van der Waals surface area contributed by atoms with E-state index in [4.69, 9.17) is 20.3 Å². The van der Waals surface area contributed by atoms with E-state index in [1.54, 1.807) is 11.0 Å². The van der Waals surface area contributed by atoms with Crippen molar-refractivity contribution in [2.75, 3.05) is 12.3 Å². The molecule has 0 unspecified atom stereocenters. The summed E-state index contributed by atoms with van der Waals surface area (Å²) >= 11 is 0. The highest BCUT2D eigenvalue weighted by molar-refractivity contribution is 6.63. The predicted octanol–water partition coefficient (Wildman–Crippen LogP) is 1.60. The summed E-state index contributed by atoms with van der Waals surface area (Å²) in [6.45, 7) is 12.1. The summed E-state index contributed by atoms with van der Waals surface area (Å²) in [7, 11) is -0.564. The van der Waals surface area contributed by atoms with Gasteiger partial charge in [0.25, 0.3) is 5.91 Å². The third-order valence-corrected chi connectivity index (χ3v) is 5.28. The van der Waals surface area contributed by atoms with E-state index in [0.29, 0.717) is 23.4 Å². The molecule has 0 atom stereocenters. The number of fused-ring (bicyclic) bond motifs is 1. The normalized spacial score (nSPS) is 20.5. The van der Waals surface area contributed by atoms with Gasteiger partial charge in [0.1, 0.15) is 0 Å². The van der Waals surface area contributed by atoms with Crippen molar-refractivity contribution in [2.45, 2.75) is 45.4 Å². The number of nitriles is 1. The van der Waals surface area contributed by atoms with Crippen LogP contribution in [0.5, 0.6) is 0 Å². The molecule has 0 bridgehead atoms. The van der Waals surface area contributed by atoms with Crippen LogP contribution in [0.2, 0.25) is 0 Å². The molecule has 0 aromatic heterocycles. The smallest absolute Gasteiger partial charge is 0.399 e. The van der Waals surface area contributed by atoms with Crippen molar-refractivity contribution < 1.29 is 14.1 Å². The minimum atomic E-state index is -0.564. The molecule has 2 N–H and O–H groups in total. The number of anilines is 1. The Labute approximate surface area is 148 Å². The number of hydrogen-bond donors (Lipinski definition) is 1. The van der Waals surface area contributed by atoms with E-state index in [9.17, 15) is 4.79 Å². The van der Waals surface area contributed by atoms with Gasteiger partial charge in [-0.1, -0.05) is 12.6 Å². The minimum absolute atomic E-state index is 0.187. The van der Waals surface area contributed by atoms with Gasteiger partial charge in [-0.2, -0.15) is 5.26 Å². The molecule has 130 valence electrons. The Morgan fingerprint density at radius 1 is 1.36 bits per heavy atom. The van der Waals surface area contributed by atoms with E-state index < -0.39 is 18.3 Å². The molecule has 25 heavy (non-hydrogen) atoms. The van der Waals surface area contributed by atoms with Gasteiger partial charge < -0.3 is 19.9 Å². The summed E-state index contributed by atoms with van der Waals surface area (Å²) in [5, 5.41) is 8.94. The average molecular weight is 339 g/mol. The summed E-state index contributed by atoms with van der Waals surface area (Å²) in [5.74, 6) is -0.192. The van der Waals surface area contributed by atoms with Gasteiger partial charge in [0.2, 0.25) is 0 Å². The Bertz CT molecular complexity index is 795. The molecule has 1 amide bonds. The monoisotopic (exact) mass is 339 g/mol. The summed E-state index contributed by atoms with van der Waals surface area (Å²) < 4.78 is 12.3. The Kier molecular flexibility index (Phi) is 3.94. The number of rotatable bonds is 3. The molecule has 1 aromatic rings. The first-order valence-electron chi connectivity index (χ1n) is 8.21. The molecule has 2 aliphatic heterocycles. The highest BCUT2D eigenvalue weighted by Crippen LogP contribution is 2.38. The first-order valence-corrected chi connectivity index (χ1v) is 8.21. The first kappa shape index (κ1) is 17.5. The third kappa shape index (κ3) is 2.72. The second-order valence-corrected chi connectivity index (χ2v) is 7.56. The predicted molar refractivity (Wildman–Crippen MR) is 96.1 cm³/mol. The Balaban J connectivity index is 1.98. The van der Waals surface area contributed by atoms with Gasteiger partial charge in [0.05, 0.1) is 29.4 Å². The van der Waals surface area contributed by atoms with Crippen LogP contribution in [0.4, 0.5) is 5.69 Å². The SMILES string of the molecule is C=C(C#N)CN1Cc2c(B3OC(C)(C)C(C)(C)O3)ccc(N)c2C1=O. The zero-order chi connectivity index (χ0) is 18.6. The topological polar surface area (TPSA) is 88.6 Å².